The normalized spacial score (nSPS) is 27.1. The van der Waals surface area contributed by atoms with Crippen LogP contribution in [0.15, 0.2) is 15.8 Å². The van der Waals surface area contributed by atoms with E-state index in [4.69, 9.17) is 16.3 Å². The van der Waals surface area contributed by atoms with Crippen LogP contribution in [0.1, 0.15) is 18.2 Å². The molecule has 0 aliphatic carbocycles. The van der Waals surface area contributed by atoms with E-state index >= 15 is 0 Å². The Morgan fingerprint density at radius 3 is 2.94 bits per heavy atom. The third-order valence-corrected chi connectivity index (χ3v) is 2.78. The maximum absolute atomic E-state index is 13.4. The quantitative estimate of drug-likeness (QED) is 0.672. The number of aliphatic hydroxyl groups excluding tert-OH is 1. The SMILES string of the molecule is C#Cc1cn(C2CC(F)C(CO)O2)c(=O)[nH]c1=O. The van der Waals surface area contributed by atoms with Crippen molar-refractivity contribution in [3.05, 3.63) is 32.6 Å². The highest BCUT2D eigenvalue weighted by atomic mass is 19.1. The molecule has 0 spiro atoms. The lowest BCUT2D eigenvalue weighted by Crippen LogP contribution is -2.33. The minimum atomic E-state index is -1.37. The minimum Gasteiger partial charge on any atom is -0.394 e. The molecule has 0 radical (unpaired) electrons. The molecule has 1 aliphatic rings. The summed E-state index contributed by atoms with van der Waals surface area (Å²) in [5, 5.41) is 8.87. The summed E-state index contributed by atoms with van der Waals surface area (Å²) < 4.78 is 19.6. The molecule has 0 amide bonds. The van der Waals surface area contributed by atoms with Gasteiger partial charge in [0.15, 0.2) is 0 Å². The van der Waals surface area contributed by atoms with Crippen molar-refractivity contribution in [3.8, 4) is 12.3 Å². The molecule has 1 aromatic heterocycles. The zero-order chi connectivity index (χ0) is 13.3. The van der Waals surface area contributed by atoms with Crippen LogP contribution in [0, 0.1) is 12.3 Å². The smallest absolute Gasteiger partial charge is 0.330 e. The Bertz CT molecular complexity index is 600. The minimum absolute atomic E-state index is 0.0407. The molecule has 3 unspecified atom stereocenters. The van der Waals surface area contributed by atoms with Gasteiger partial charge in [-0.3, -0.25) is 14.3 Å². The van der Waals surface area contributed by atoms with Crippen LogP contribution in [0.5, 0.6) is 0 Å². The van der Waals surface area contributed by atoms with Gasteiger partial charge in [-0.2, -0.15) is 0 Å². The van der Waals surface area contributed by atoms with Crippen molar-refractivity contribution < 1.29 is 14.2 Å². The summed E-state index contributed by atoms with van der Waals surface area (Å²) in [6.07, 6.45) is 2.96. The first-order valence-corrected chi connectivity index (χ1v) is 5.29. The summed E-state index contributed by atoms with van der Waals surface area (Å²) in [5.41, 5.74) is -1.44. The monoisotopic (exact) mass is 254 g/mol. The zero-order valence-electron chi connectivity index (χ0n) is 9.30. The number of hydrogen-bond acceptors (Lipinski definition) is 4. The second-order valence-electron chi connectivity index (χ2n) is 3.92. The molecule has 7 heteroatoms. The highest BCUT2D eigenvalue weighted by molar-refractivity contribution is 5.26. The van der Waals surface area contributed by atoms with Gasteiger partial charge in [-0.25, -0.2) is 9.18 Å². The molecule has 2 rings (SSSR count). The lowest BCUT2D eigenvalue weighted by atomic mass is 10.2. The second-order valence-corrected chi connectivity index (χ2v) is 3.92. The Labute approximate surface area is 101 Å². The van der Waals surface area contributed by atoms with Gasteiger partial charge in [0.05, 0.1) is 6.61 Å². The predicted octanol–water partition coefficient (Wildman–Crippen LogP) is -0.864. The van der Waals surface area contributed by atoms with E-state index in [2.05, 4.69) is 5.92 Å². The molecule has 1 fully saturated rings. The zero-order valence-corrected chi connectivity index (χ0v) is 9.30. The number of H-pyrrole nitrogens is 1. The van der Waals surface area contributed by atoms with Crippen molar-refractivity contribution in [2.24, 2.45) is 0 Å². The Kier molecular flexibility index (Phi) is 3.32. The Morgan fingerprint density at radius 1 is 1.67 bits per heavy atom. The summed E-state index contributed by atoms with van der Waals surface area (Å²) in [6, 6.07) is 0. The number of nitrogens with one attached hydrogen (secondary N) is 1. The van der Waals surface area contributed by atoms with Gasteiger partial charge in [0, 0.05) is 12.6 Å². The summed E-state index contributed by atoms with van der Waals surface area (Å²) in [6.45, 7) is -0.474. The third kappa shape index (κ3) is 2.08. The number of hydrogen-bond donors (Lipinski definition) is 2. The van der Waals surface area contributed by atoms with Crippen molar-refractivity contribution in [2.45, 2.75) is 24.9 Å². The number of aliphatic hydroxyl groups is 1. The first kappa shape index (κ1) is 12.5. The van der Waals surface area contributed by atoms with Crippen LogP contribution in [0.4, 0.5) is 4.39 Å². The molecule has 2 N–H and O–H groups in total. The fraction of sp³-hybridized carbons (Fsp3) is 0.455. The fourth-order valence-corrected chi connectivity index (χ4v) is 1.83. The van der Waals surface area contributed by atoms with Gasteiger partial charge in [0.2, 0.25) is 0 Å². The lowest BCUT2D eigenvalue weighted by molar-refractivity contribution is -0.0356. The van der Waals surface area contributed by atoms with Gasteiger partial charge in [-0.15, -0.1) is 6.42 Å². The maximum Gasteiger partial charge on any atom is 0.330 e. The number of halogens is 1. The number of nitrogens with zero attached hydrogens (tertiary/aromatic N) is 1. The topological polar surface area (TPSA) is 84.3 Å². The summed E-state index contributed by atoms with van der Waals surface area (Å²) >= 11 is 0. The summed E-state index contributed by atoms with van der Waals surface area (Å²) in [7, 11) is 0. The Hall–Kier alpha value is -1.91. The first-order valence-electron chi connectivity index (χ1n) is 5.29. The van der Waals surface area contributed by atoms with Gasteiger partial charge in [0.1, 0.15) is 24.1 Å². The average Bonchev–Trinajstić information content (AvgIpc) is 2.70. The molecule has 1 aromatic rings. The number of ether oxygens (including phenoxy) is 1. The van der Waals surface area contributed by atoms with E-state index in [9.17, 15) is 14.0 Å². The number of terminal acetylenes is 1. The van der Waals surface area contributed by atoms with E-state index in [0.717, 1.165) is 10.8 Å². The van der Waals surface area contributed by atoms with Gasteiger partial charge in [0.25, 0.3) is 5.56 Å². The third-order valence-electron chi connectivity index (χ3n) is 2.78. The van der Waals surface area contributed by atoms with Crippen LogP contribution in [0.25, 0.3) is 0 Å². The molecule has 18 heavy (non-hydrogen) atoms. The van der Waals surface area contributed by atoms with Crippen molar-refractivity contribution in [2.75, 3.05) is 6.61 Å². The molecule has 1 aliphatic heterocycles. The number of aromatic amines is 1. The van der Waals surface area contributed by atoms with Crippen LogP contribution >= 0.6 is 0 Å². The van der Waals surface area contributed by atoms with Crippen molar-refractivity contribution in [3.63, 3.8) is 0 Å². The van der Waals surface area contributed by atoms with Gasteiger partial charge in [-0.1, -0.05) is 5.92 Å². The van der Waals surface area contributed by atoms with E-state index in [0.29, 0.717) is 0 Å². The van der Waals surface area contributed by atoms with Crippen molar-refractivity contribution in [1.29, 1.82) is 0 Å². The summed E-state index contributed by atoms with van der Waals surface area (Å²) in [4.78, 5) is 24.9. The van der Waals surface area contributed by atoms with E-state index < -0.39 is 36.4 Å². The largest absolute Gasteiger partial charge is 0.394 e. The van der Waals surface area contributed by atoms with E-state index in [1.807, 2.05) is 4.98 Å². The molecule has 2 heterocycles. The predicted molar refractivity (Wildman–Crippen MR) is 59.8 cm³/mol. The first-order chi connectivity index (χ1) is 8.56. The molecular formula is C11H11FN2O4. The molecule has 0 saturated carbocycles. The standard InChI is InChI=1S/C11H11FN2O4/c1-2-6-4-14(11(17)13-10(6)16)9-3-7(12)8(5-15)18-9/h1,4,7-9,15H,3,5H2,(H,13,16,17). The second kappa shape index (κ2) is 4.76. The summed E-state index contributed by atoms with van der Waals surface area (Å²) in [5.74, 6) is 2.12. The maximum atomic E-state index is 13.4. The van der Waals surface area contributed by atoms with Crippen LogP contribution in [0.3, 0.4) is 0 Å². The van der Waals surface area contributed by atoms with Crippen LogP contribution in [-0.2, 0) is 4.74 Å². The van der Waals surface area contributed by atoms with Gasteiger partial charge < -0.3 is 9.84 Å². The van der Waals surface area contributed by atoms with Crippen molar-refractivity contribution in [1.82, 2.24) is 9.55 Å². The van der Waals surface area contributed by atoms with Crippen LogP contribution < -0.4 is 11.2 Å². The molecular weight excluding hydrogens is 243 g/mol. The van der Waals surface area contributed by atoms with Crippen LogP contribution in [0.2, 0.25) is 0 Å². The Morgan fingerprint density at radius 2 is 2.39 bits per heavy atom. The highest BCUT2D eigenvalue weighted by Gasteiger charge is 2.36. The van der Waals surface area contributed by atoms with E-state index in [-0.39, 0.29) is 12.0 Å². The highest BCUT2D eigenvalue weighted by Crippen LogP contribution is 2.29. The number of aromatic nitrogens is 2. The van der Waals surface area contributed by atoms with Crippen LogP contribution in [-0.4, -0.2) is 33.5 Å². The Balaban J connectivity index is 2.39. The van der Waals surface area contributed by atoms with E-state index in [1.165, 1.54) is 0 Å². The average molecular weight is 254 g/mol. The molecule has 3 atom stereocenters. The van der Waals surface area contributed by atoms with Crippen molar-refractivity contribution >= 4 is 0 Å². The van der Waals surface area contributed by atoms with E-state index in [1.54, 1.807) is 0 Å². The molecule has 0 bridgehead atoms. The molecule has 1 saturated heterocycles. The molecule has 96 valence electrons. The van der Waals surface area contributed by atoms with Gasteiger partial charge >= 0.3 is 5.69 Å². The lowest BCUT2D eigenvalue weighted by Gasteiger charge is -2.14. The molecule has 6 nitrogen and oxygen atoms in total. The number of rotatable bonds is 2. The van der Waals surface area contributed by atoms with Gasteiger partial charge in [-0.05, 0) is 0 Å². The fourth-order valence-electron chi connectivity index (χ4n) is 1.83. The number of alkyl halides is 1. The molecule has 0 aromatic carbocycles.